The standard InChI is InChI=1S/C25H29F4N5O4/c1-24(2)9-17-21(18(35)10-24)22(25(27,28)29)33-34(17)13-7-15(26)20(23(31)37)16(8-13)32-12-3-5-14(6-4-12)38-19(36)11-30/h7-8,12,14,32H,3-6,9-11,30H2,1-2H3,(H2,31,37)/t12-,14-. The van der Waals surface area contributed by atoms with Crippen LogP contribution in [0, 0.1) is 11.2 Å². The molecule has 0 radical (unpaired) electrons. The van der Waals surface area contributed by atoms with Crippen molar-refractivity contribution in [1.29, 1.82) is 0 Å². The Bertz CT molecular complexity index is 1280. The number of esters is 1. The average Bonchev–Trinajstić information content (AvgIpc) is 3.19. The molecule has 1 heterocycles. The predicted molar refractivity (Wildman–Crippen MR) is 128 cm³/mol. The van der Waals surface area contributed by atoms with E-state index in [0.29, 0.717) is 25.7 Å². The van der Waals surface area contributed by atoms with E-state index in [1.165, 1.54) is 6.07 Å². The SMILES string of the molecule is CC1(C)CC(=O)c2c(C(F)(F)F)nn(-c3cc(F)c(C(N)=O)c(N[C@H]4CC[C@H](OC(=O)CN)CC4)c3)c2C1. The minimum atomic E-state index is -4.90. The number of nitrogens with one attached hydrogen (secondary N) is 1. The van der Waals surface area contributed by atoms with Crippen LogP contribution in [0.4, 0.5) is 23.2 Å². The lowest BCUT2D eigenvalue weighted by Crippen LogP contribution is -2.33. The van der Waals surface area contributed by atoms with Gasteiger partial charge in [0.1, 0.15) is 11.9 Å². The number of halogens is 4. The largest absolute Gasteiger partial charge is 0.461 e. The van der Waals surface area contributed by atoms with Crippen LogP contribution in [0.5, 0.6) is 0 Å². The zero-order valence-electron chi connectivity index (χ0n) is 21.0. The van der Waals surface area contributed by atoms with Crippen molar-refractivity contribution >= 4 is 23.3 Å². The average molecular weight is 540 g/mol. The van der Waals surface area contributed by atoms with Crippen molar-refractivity contribution in [3.63, 3.8) is 0 Å². The van der Waals surface area contributed by atoms with E-state index in [2.05, 4.69) is 10.4 Å². The molecule has 1 amide bonds. The lowest BCUT2D eigenvalue weighted by molar-refractivity contribution is -0.148. The van der Waals surface area contributed by atoms with Crippen molar-refractivity contribution < 1.29 is 36.7 Å². The van der Waals surface area contributed by atoms with Gasteiger partial charge in [0.2, 0.25) is 0 Å². The van der Waals surface area contributed by atoms with Gasteiger partial charge in [0, 0.05) is 18.5 Å². The zero-order chi connectivity index (χ0) is 28.0. The monoisotopic (exact) mass is 539 g/mol. The number of benzene rings is 1. The molecular formula is C25H29F4N5O4. The molecule has 4 rings (SSSR count). The number of Topliss-reactive ketones (excluding diaryl/α,β-unsaturated/α-hetero) is 1. The van der Waals surface area contributed by atoms with Crippen molar-refractivity contribution in [2.75, 3.05) is 11.9 Å². The van der Waals surface area contributed by atoms with Crippen LogP contribution in [-0.4, -0.2) is 46.1 Å². The molecule has 2 aliphatic rings. The third kappa shape index (κ3) is 5.52. The lowest BCUT2D eigenvalue weighted by atomic mass is 9.75. The lowest BCUT2D eigenvalue weighted by Gasteiger charge is -2.30. The first-order valence-electron chi connectivity index (χ1n) is 12.2. The molecule has 0 bridgehead atoms. The number of alkyl halides is 3. The molecule has 1 aromatic carbocycles. The highest BCUT2D eigenvalue weighted by Crippen LogP contribution is 2.42. The van der Waals surface area contributed by atoms with Crippen molar-refractivity contribution in [3.05, 3.63) is 40.5 Å². The van der Waals surface area contributed by atoms with E-state index < -0.39 is 51.9 Å². The molecule has 5 N–H and O–H groups in total. The molecule has 206 valence electrons. The molecular weight excluding hydrogens is 510 g/mol. The quantitative estimate of drug-likeness (QED) is 0.377. The highest BCUT2D eigenvalue weighted by atomic mass is 19.4. The smallest absolute Gasteiger partial charge is 0.435 e. The maximum atomic E-state index is 15.2. The minimum Gasteiger partial charge on any atom is -0.461 e. The number of ketones is 1. The van der Waals surface area contributed by atoms with Crippen LogP contribution in [0.2, 0.25) is 0 Å². The molecule has 2 aliphatic carbocycles. The molecule has 1 aromatic heterocycles. The summed E-state index contributed by atoms with van der Waals surface area (Å²) in [6.45, 7) is 3.27. The van der Waals surface area contributed by atoms with Crippen LogP contribution in [0.3, 0.4) is 0 Å². The maximum absolute atomic E-state index is 15.2. The second-order valence-electron chi connectivity index (χ2n) is 10.5. The molecule has 0 atom stereocenters. The number of nitrogens with zero attached hydrogens (tertiary/aromatic N) is 2. The Kier molecular flexibility index (Phi) is 7.26. The van der Waals surface area contributed by atoms with Crippen LogP contribution >= 0.6 is 0 Å². The zero-order valence-corrected chi connectivity index (χ0v) is 21.0. The predicted octanol–water partition coefficient (Wildman–Crippen LogP) is 3.51. The summed E-state index contributed by atoms with van der Waals surface area (Å²) in [6, 6.07) is 1.94. The molecule has 0 saturated heterocycles. The Morgan fingerprint density at radius 3 is 2.42 bits per heavy atom. The van der Waals surface area contributed by atoms with Crippen LogP contribution in [-0.2, 0) is 22.1 Å². The van der Waals surface area contributed by atoms with Crippen LogP contribution in [0.1, 0.15) is 78.1 Å². The number of ether oxygens (including phenoxy) is 1. The van der Waals surface area contributed by atoms with Gasteiger partial charge >= 0.3 is 12.1 Å². The van der Waals surface area contributed by atoms with Crippen LogP contribution in [0.25, 0.3) is 5.69 Å². The van der Waals surface area contributed by atoms with Gasteiger partial charge in [0.25, 0.3) is 5.91 Å². The fourth-order valence-electron chi connectivity index (χ4n) is 5.22. The second kappa shape index (κ2) is 10.0. The van der Waals surface area contributed by atoms with Gasteiger partial charge < -0.3 is 21.5 Å². The number of nitrogens with two attached hydrogens (primary N) is 2. The Labute approximate surface area is 215 Å². The molecule has 9 nitrogen and oxygen atoms in total. The molecule has 38 heavy (non-hydrogen) atoms. The first-order chi connectivity index (χ1) is 17.7. The van der Waals surface area contributed by atoms with Gasteiger partial charge in [-0.25, -0.2) is 9.07 Å². The van der Waals surface area contributed by atoms with Crippen LogP contribution < -0.4 is 16.8 Å². The highest BCUT2D eigenvalue weighted by molar-refractivity contribution is 6.01. The molecule has 2 aromatic rings. The number of carbonyl (C=O) groups excluding carboxylic acids is 3. The van der Waals surface area contributed by atoms with Gasteiger partial charge in [-0.05, 0) is 43.6 Å². The number of aromatic nitrogens is 2. The summed E-state index contributed by atoms with van der Waals surface area (Å²) in [5.41, 5.74) is 7.71. The first kappa shape index (κ1) is 27.6. The molecule has 1 saturated carbocycles. The molecule has 0 unspecified atom stereocenters. The third-order valence-electron chi connectivity index (χ3n) is 6.88. The van der Waals surface area contributed by atoms with Gasteiger partial charge in [-0.15, -0.1) is 0 Å². The normalized spacial score (nSPS) is 21.1. The number of primary amides is 1. The minimum absolute atomic E-state index is 0.00546. The van der Waals surface area contributed by atoms with E-state index in [-0.39, 0.29) is 48.6 Å². The second-order valence-corrected chi connectivity index (χ2v) is 10.5. The number of amides is 1. The van der Waals surface area contributed by atoms with Crippen molar-refractivity contribution in [3.8, 4) is 5.69 Å². The molecule has 0 spiro atoms. The molecule has 0 aliphatic heterocycles. The summed E-state index contributed by atoms with van der Waals surface area (Å²) >= 11 is 0. The summed E-state index contributed by atoms with van der Waals surface area (Å²) in [5.74, 6) is -3.30. The molecule has 1 fully saturated rings. The van der Waals surface area contributed by atoms with Crippen molar-refractivity contribution in [2.45, 2.75) is 70.7 Å². The van der Waals surface area contributed by atoms with E-state index >= 15 is 4.39 Å². The van der Waals surface area contributed by atoms with Gasteiger partial charge in [-0.2, -0.15) is 18.3 Å². The fraction of sp³-hybridized carbons (Fsp3) is 0.520. The number of hydrogen-bond donors (Lipinski definition) is 3. The van der Waals surface area contributed by atoms with E-state index in [1.54, 1.807) is 13.8 Å². The Balaban J connectivity index is 1.72. The van der Waals surface area contributed by atoms with Crippen molar-refractivity contribution in [2.24, 2.45) is 16.9 Å². The summed E-state index contributed by atoms with van der Waals surface area (Å²) < 4.78 is 62.9. The Morgan fingerprint density at radius 1 is 1.18 bits per heavy atom. The topological polar surface area (TPSA) is 142 Å². The Hall–Kier alpha value is -3.48. The summed E-state index contributed by atoms with van der Waals surface area (Å²) in [5, 5.41) is 6.78. The number of rotatable bonds is 6. The number of fused-ring (bicyclic) bond motifs is 1. The van der Waals surface area contributed by atoms with Gasteiger partial charge in [-0.1, -0.05) is 13.8 Å². The highest BCUT2D eigenvalue weighted by Gasteiger charge is 2.45. The fourth-order valence-corrected chi connectivity index (χ4v) is 5.22. The van der Waals surface area contributed by atoms with E-state index in [1.807, 2.05) is 0 Å². The molecule has 13 heteroatoms. The van der Waals surface area contributed by atoms with Gasteiger partial charge in [-0.3, -0.25) is 14.4 Å². The van der Waals surface area contributed by atoms with Gasteiger partial charge in [0.15, 0.2) is 11.5 Å². The first-order valence-corrected chi connectivity index (χ1v) is 12.2. The number of hydrogen-bond acceptors (Lipinski definition) is 7. The third-order valence-corrected chi connectivity index (χ3v) is 6.88. The van der Waals surface area contributed by atoms with E-state index in [0.717, 1.165) is 10.7 Å². The maximum Gasteiger partial charge on any atom is 0.435 e. The van der Waals surface area contributed by atoms with Gasteiger partial charge in [0.05, 0.1) is 34.7 Å². The van der Waals surface area contributed by atoms with Crippen molar-refractivity contribution in [1.82, 2.24) is 9.78 Å². The Morgan fingerprint density at radius 2 is 1.84 bits per heavy atom. The summed E-state index contributed by atoms with van der Waals surface area (Å²) in [4.78, 5) is 36.3. The summed E-state index contributed by atoms with van der Waals surface area (Å²) in [6.07, 6.45) is -3.20. The van der Waals surface area contributed by atoms with E-state index in [9.17, 15) is 27.6 Å². The number of carbonyl (C=O) groups is 3. The van der Waals surface area contributed by atoms with E-state index in [4.69, 9.17) is 16.2 Å². The number of anilines is 1. The van der Waals surface area contributed by atoms with Crippen LogP contribution in [0.15, 0.2) is 12.1 Å². The summed E-state index contributed by atoms with van der Waals surface area (Å²) in [7, 11) is 0.